The van der Waals surface area contributed by atoms with E-state index in [2.05, 4.69) is 4.98 Å². The molecule has 0 aliphatic heterocycles. The van der Waals surface area contributed by atoms with Gasteiger partial charge in [0.25, 0.3) is 5.88 Å². The molecule has 21 heavy (non-hydrogen) atoms. The Labute approximate surface area is 121 Å². The summed E-state index contributed by atoms with van der Waals surface area (Å²) in [6, 6.07) is 4.44. The van der Waals surface area contributed by atoms with E-state index >= 15 is 0 Å². The molecule has 6 nitrogen and oxygen atoms in total. The van der Waals surface area contributed by atoms with Crippen molar-refractivity contribution in [2.24, 2.45) is 0 Å². The molecule has 0 bridgehead atoms. The Morgan fingerprint density at radius 2 is 2.19 bits per heavy atom. The Kier molecular flexibility index (Phi) is 4.37. The lowest BCUT2D eigenvalue weighted by molar-refractivity contribution is 0.0697. The Balaban J connectivity index is 2.32. The van der Waals surface area contributed by atoms with Gasteiger partial charge in [0.1, 0.15) is 5.75 Å². The molecule has 110 valence electrons. The van der Waals surface area contributed by atoms with E-state index in [9.17, 15) is 9.59 Å². The van der Waals surface area contributed by atoms with Gasteiger partial charge in [-0.05, 0) is 37.1 Å². The molecular formula is C15H16N2O4. The summed E-state index contributed by atoms with van der Waals surface area (Å²) in [5.74, 6) is -0.608. The van der Waals surface area contributed by atoms with Crippen molar-refractivity contribution < 1.29 is 14.6 Å². The first-order valence-corrected chi connectivity index (χ1v) is 6.60. The number of rotatable bonds is 5. The van der Waals surface area contributed by atoms with Gasteiger partial charge in [-0.15, -0.1) is 0 Å². The number of benzene rings is 1. The van der Waals surface area contributed by atoms with Crippen molar-refractivity contribution in [3.05, 3.63) is 52.1 Å². The lowest BCUT2D eigenvalue weighted by atomic mass is 10.1. The highest BCUT2D eigenvalue weighted by Gasteiger charge is 2.11. The molecule has 0 atom stereocenters. The fraction of sp³-hybridized carbons (Fsp3) is 0.267. The van der Waals surface area contributed by atoms with Gasteiger partial charge < -0.3 is 14.4 Å². The molecule has 0 amide bonds. The van der Waals surface area contributed by atoms with E-state index < -0.39 is 5.97 Å². The summed E-state index contributed by atoms with van der Waals surface area (Å²) < 4.78 is 7.06. The second-order valence-electron chi connectivity index (χ2n) is 4.62. The van der Waals surface area contributed by atoms with Crippen molar-refractivity contribution in [3.63, 3.8) is 0 Å². The van der Waals surface area contributed by atoms with Crippen LogP contribution in [0.2, 0.25) is 0 Å². The van der Waals surface area contributed by atoms with Crippen molar-refractivity contribution >= 4 is 5.97 Å². The van der Waals surface area contributed by atoms with Crippen molar-refractivity contribution in [1.29, 1.82) is 0 Å². The normalized spacial score (nSPS) is 10.4. The number of ether oxygens (including phenoxy) is 1. The molecule has 0 aliphatic carbocycles. The number of hydrogen-bond acceptors (Lipinski definition) is 4. The monoisotopic (exact) mass is 288 g/mol. The average molecular weight is 288 g/mol. The molecule has 0 saturated heterocycles. The summed E-state index contributed by atoms with van der Waals surface area (Å²) in [5, 5.41) is 8.92. The van der Waals surface area contributed by atoms with Crippen LogP contribution in [0.4, 0.5) is 0 Å². The molecule has 0 fully saturated rings. The van der Waals surface area contributed by atoms with E-state index in [4.69, 9.17) is 9.84 Å². The van der Waals surface area contributed by atoms with Crippen molar-refractivity contribution in [3.8, 4) is 11.6 Å². The summed E-state index contributed by atoms with van der Waals surface area (Å²) in [7, 11) is 0. The lowest BCUT2D eigenvalue weighted by Crippen LogP contribution is -2.21. The third kappa shape index (κ3) is 3.28. The van der Waals surface area contributed by atoms with Crippen LogP contribution in [0.5, 0.6) is 11.6 Å². The SMILES string of the molecule is CCCn1ccnc(Oc2ccc(C(=O)O)cc2C)c1=O. The maximum absolute atomic E-state index is 12.1. The molecule has 1 N–H and O–H groups in total. The van der Waals surface area contributed by atoms with Crippen LogP contribution in [0.3, 0.4) is 0 Å². The number of aromatic nitrogens is 2. The molecular weight excluding hydrogens is 272 g/mol. The Morgan fingerprint density at radius 3 is 2.81 bits per heavy atom. The van der Waals surface area contributed by atoms with E-state index in [-0.39, 0.29) is 17.0 Å². The minimum atomic E-state index is -1.01. The molecule has 2 rings (SSSR count). The van der Waals surface area contributed by atoms with Gasteiger partial charge in [0.2, 0.25) is 0 Å². The third-order valence-corrected chi connectivity index (χ3v) is 2.98. The van der Waals surface area contributed by atoms with Gasteiger partial charge in [0.15, 0.2) is 0 Å². The summed E-state index contributed by atoms with van der Waals surface area (Å²) in [6.07, 6.45) is 3.95. The van der Waals surface area contributed by atoms with Crippen LogP contribution in [-0.2, 0) is 6.54 Å². The molecule has 1 aromatic heterocycles. The van der Waals surface area contributed by atoms with Gasteiger partial charge in [0, 0.05) is 18.9 Å². The van der Waals surface area contributed by atoms with Crippen LogP contribution < -0.4 is 10.3 Å². The number of aryl methyl sites for hydroxylation is 2. The molecule has 0 aliphatic rings. The summed E-state index contributed by atoms with van der Waals surface area (Å²) in [4.78, 5) is 27.0. The first-order valence-electron chi connectivity index (χ1n) is 6.60. The smallest absolute Gasteiger partial charge is 0.335 e. The third-order valence-electron chi connectivity index (χ3n) is 2.98. The molecule has 6 heteroatoms. The summed E-state index contributed by atoms with van der Waals surface area (Å²) in [5.41, 5.74) is 0.493. The fourth-order valence-corrected chi connectivity index (χ4v) is 1.92. The van der Waals surface area contributed by atoms with E-state index in [0.29, 0.717) is 17.9 Å². The van der Waals surface area contributed by atoms with Crippen molar-refractivity contribution in [2.45, 2.75) is 26.8 Å². The number of carboxylic acids is 1. The standard InChI is InChI=1S/C15H16N2O4/c1-3-7-17-8-6-16-13(14(17)18)21-12-5-4-11(15(19)20)9-10(12)2/h4-6,8-9H,3,7H2,1-2H3,(H,19,20). The van der Waals surface area contributed by atoms with Crippen LogP contribution in [0.25, 0.3) is 0 Å². The zero-order valence-electron chi connectivity index (χ0n) is 11.9. The topological polar surface area (TPSA) is 81.4 Å². The quantitative estimate of drug-likeness (QED) is 0.914. The Morgan fingerprint density at radius 1 is 1.43 bits per heavy atom. The highest BCUT2D eigenvalue weighted by Crippen LogP contribution is 2.22. The molecule has 0 radical (unpaired) electrons. The Bertz CT molecular complexity index is 722. The highest BCUT2D eigenvalue weighted by atomic mass is 16.5. The number of hydrogen-bond donors (Lipinski definition) is 1. The first-order chi connectivity index (χ1) is 10.0. The first kappa shape index (κ1) is 14.8. The molecule has 0 unspecified atom stereocenters. The van der Waals surface area contributed by atoms with Crippen LogP contribution >= 0.6 is 0 Å². The van der Waals surface area contributed by atoms with E-state index in [1.807, 2.05) is 6.92 Å². The van der Waals surface area contributed by atoms with Gasteiger partial charge in [-0.1, -0.05) is 6.92 Å². The zero-order valence-corrected chi connectivity index (χ0v) is 11.9. The Hall–Kier alpha value is -2.63. The molecule has 0 spiro atoms. The minimum Gasteiger partial charge on any atom is -0.478 e. The summed E-state index contributed by atoms with van der Waals surface area (Å²) >= 11 is 0. The molecule has 1 heterocycles. The number of nitrogens with zero attached hydrogens (tertiary/aromatic N) is 2. The van der Waals surface area contributed by atoms with Gasteiger partial charge in [-0.25, -0.2) is 9.78 Å². The zero-order chi connectivity index (χ0) is 15.4. The van der Waals surface area contributed by atoms with Gasteiger partial charge in [-0.2, -0.15) is 0 Å². The maximum atomic E-state index is 12.1. The van der Waals surface area contributed by atoms with Gasteiger partial charge in [0.05, 0.1) is 5.56 Å². The molecule has 2 aromatic rings. The van der Waals surface area contributed by atoms with Crippen LogP contribution in [0.1, 0.15) is 29.3 Å². The van der Waals surface area contributed by atoms with Crippen LogP contribution in [-0.4, -0.2) is 20.6 Å². The largest absolute Gasteiger partial charge is 0.478 e. The maximum Gasteiger partial charge on any atom is 0.335 e. The average Bonchev–Trinajstić information content (AvgIpc) is 2.45. The lowest BCUT2D eigenvalue weighted by Gasteiger charge is -2.09. The fourth-order valence-electron chi connectivity index (χ4n) is 1.92. The van der Waals surface area contributed by atoms with E-state index in [1.54, 1.807) is 13.1 Å². The van der Waals surface area contributed by atoms with E-state index in [1.165, 1.54) is 29.0 Å². The van der Waals surface area contributed by atoms with Crippen molar-refractivity contribution in [2.75, 3.05) is 0 Å². The molecule has 1 aromatic carbocycles. The van der Waals surface area contributed by atoms with E-state index in [0.717, 1.165) is 6.42 Å². The van der Waals surface area contributed by atoms with Crippen LogP contribution in [0, 0.1) is 6.92 Å². The molecule has 0 saturated carbocycles. The predicted molar refractivity (Wildman–Crippen MR) is 77.0 cm³/mol. The second kappa shape index (κ2) is 6.21. The summed E-state index contributed by atoms with van der Waals surface area (Å²) in [6.45, 7) is 4.28. The number of aromatic carboxylic acids is 1. The minimum absolute atomic E-state index is 0.0166. The number of carbonyl (C=O) groups is 1. The van der Waals surface area contributed by atoms with Gasteiger partial charge in [-0.3, -0.25) is 4.79 Å². The number of carboxylic acid groups (broad SMARTS) is 1. The second-order valence-corrected chi connectivity index (χ2v) is 4.62. The van der Waals surface area contributed by atoms with Crippen molar-refractivity contribution in [1.82, 2.24) is 9.55 Å². The van der Waals surface area contributed by atoms with Gasteiger partial charge >= 0.3 is 11.5 Å². The van der Waals surface area contributed by atoms with Crippen LogP contribution in [0.15, 0.2) is 35.4 Å². The highest BCUT2D eigenvalue weighted by molar-refractivity contribution is 5.88. The predicted octanol–water partition coefficient (Wildman–Crippen LogP) is 2.45.